The molecule has 0 aromatic rings. The Balaban J connectivity index is 1.77. The van der Waals surface area contributed by atoms with Gasteiger partial charge in [0.25, 0.3) is 0 Å². The lowest BCUT2D eigenvalue weighted by molar-refractivity contribution is -0.841. The molecule has 0 saturated carbocycles. The van der Waals surface area contributed by atoms with Crippen LogP contribution in [0.2, 0.25) is 0 Å². The Morgan fingerprint density at radius 2 is 1.26 bits per heavy atom. The van der Waals surface area contributed by atoms with Gasteiger partial charge in [0.15, 0.2) is 0 Å². The Morgan fingerprint density at radius 1 is 0.684 bits per heavy atom. The van der Waals surface area contributed by atoms with Crippen molar-refractivity contribution in [3.63, 3.8) is 0 Å². The van der Waals surface area contributed by atoms with E-state index in [0.29, 0.717) is 0 Å². The van der Waals surface area contributed by atoms with Crippen molar-refractivity contribution in [2.45, 2.75) is 77.0 Å². The first-order valence-electron chi connectivity index (χ1n) is 8.67. The van der Waals surface area contributed by atoms with Crippen LogP contribution in [-0.4, -0.2) is 13.1 Å². The van der Waals surface area contributed by atoms with Crippen molar-refractivity contribution in [1.29, 1.82) is 0 Å². The molecule has 0 aromatic carbocycles. The van der Waals surface area contributed by atoms with Gasteiger partial charge in [-0.3, -0.25) is 0 Å². The second kappa shape index (κ2) is 9.36. The van der Waals surface area contributed by atoms with Gasteiger partial charge < -0.3 is 4.90 Å². The highest BCUT2D eigenvalue weighted by molar-refractivity contribution is 5.17. The summed E-state index contributed by atoms with van der Waals surface area (Å²) < 4.78 is 0. The Morgan fingerprint density at radius 3 is 1.95 bits per heavy atom. The van der Waals surface area contributed by atoms with Crippen molar-refractivity contribution in [2.24, 2.45) is 0 Å². The summed E-state index contributed by atoms with van der Waals surface area (Å²) >= 11 is 0. The van der Waals surface area contributed by atoms with E-state index < -0.39 is 0 Å². The number of nitrogens with one attached hydrogen (secondary N) is 1. The number of hydrogen-bond donors (Lipinski definition) is 1. The Labute approximate surface area is 119 Å². The van der Waals surface area contributed by atoms with Crippen LogP contribution in [0.1, 0.15) is 77.0 Å². The first-order chi connectivity index (χ1) is 9.45. The van der Waals surface area contributed by atoms with Gasteiger partial charge in [-0.15, -0.1) is 0 Å². The minimum Gasteiger partial charge on any atom is -0.305 e. The minimum absolute atomic E-state index is 1.21. The van der Waals surface area contributed by atoms with Gasteiger partial charge in [-0.1, -0.05) is 57.4 Å². The zero-order valence-electron chi connectivity index (χ0n) is 12.6. The standard InChI is InChI=1S/C18H31N/c1-2-4-6-8-10-13-18-14-12-16-19(17-18)15-11-9-7-5-3-1/h12,14,17H,1-11,13,15-16H2/p+1. The van der Waals surface area contributed by atoms with Gasteiger partial charge in [0.2, 0.25) is 0 Å². The topological polar surface area (TPSA) is 4.44 Å². The Bertz CT molecular complexity index is 290. The molecule has 2 aliphatic rings. The summed E-state index contributed by atoms with van der Waals surface area (Å²) in [6.07, 6.45) is 24.5. The van der Waals surface area contributed by atoms with Crippen LogP contribution < -0.4 is 4.90 Å². The average molecular weight is 262 g/mol. The van der Waals surface area contributed by atoms with Crippen LogP contribution in [0.25, 0.3) is 0 Å². The predicted octanol–water partition coefficient (Wildman–Crippen LogP) is 4.02. The summed E-state index contributed by atoms with van der Waals surface area (Å²) in [5.41, 5.74) is 1.59. The summed E-state index contributed by atoms with van der Waals surface area (Å²) in [5, 5.41) is 0. The van der Waals surface area contributed by atoms with E-state index >= 15 is 0 Å². The number of fused-ring (bicyclic) bond motifs is 1. The average Bonchev–Trinajstić information content (AvgIpc) is 2.43. The van der Waals surface area contributed by atoms with Crippen LogP contribution in [0.4, 0.5) is 0 Å². The molecule has 1 N–H and O–H groups in total. The second-order valence-electron chi connectivity index (χ2n) is 6.37. The molecule has 0 amide bonds. The summed E-state index contributed by atoms with van der Waals surface area (Å²) in [5.74, 6) is 0. The smallest absolute Gasteiger partial charge is 0.100 e. The van der Waals surface area contributed by atoms with E-state index in [-0.39, 0.29) is 0 Å². The molecule has 1 unspecified atom stereocenters. The molecule has 0 radical (unpaired) electrons. The van der Waals surface area contributed by atoms with Crippen LogP contribution in [0.5, 0.6) is 0 Å². The SMILES string of the molecule is C1=CC2=C[NH+](C1)CCCCCCCCCCCCC2. The van der Waals surface area contributed by atoms with Crippen LogP contribution >= 0.6 is 0 Å². The molecule has 2 rings (SSSR count). The fourth-order valence-electron chi connectivity index (χ4n) is 3.33. The zero-order chi connectivity index (χ0) is 13.2. The highest BCUT2D eigenvalue weighted by Gasteiger charge is 2.09. The van der Waals surface area contributed by atoms with Gasteiger partial charge in [0, 0.05) is 5.57 Å². The molecule has 1 nitrogen and oxygen atoms in total. The van der Waals surface area contributed by atoms with Gasteiger partial charge in [-0.2, -0.15) is 0 Å². The molecule has 0 aromatic heterocycles. The third-order valence-corrected chi connectivity index (χ3v) is 4.56. The molecular weight excluding hydrogens is 230 g/mol. The highest BCUT2D eigenvalue weighted by Crippen LogP contribution is 2.15. The van der Waals surface area contributed by atoms with Crippen LogP contribution in [0, 0.1) is 0 Å². The third kappa shape index (κ3) is 6.42. The summed E-state index contributed by atoms with van der Waals surface area (Å²) in [6.45, 7) is 2.55. The molecule has 0 saturated heterocycles. The molecular formula is C18H32N+. The molecule has 108 valence electrons. The van der Waals surface area contributed by atoms with Gasteiger partial charge in [0.1, 0.15) is 6.54 Å². The number of hydrogen-bond acceptors (Lipinski definition) is 0. The Kier molecular flexibility index (Phi) is 7.31. The summed E-state index contributed by atoms with van der Waals surface area (Å²) in [7, 11) is 0. The molecule has 0 spiro atoms. The number of rotatable bonds is 0. The maximum atomic E-state index is 2.51. The molecule has 0 fully saturated rings. The Hall–Kier alpha value is -0.560. The maximum Gasteiger partial charge on any atom is 0.100 e. The van der Waals surface area contributed by atoms with Crippen molar-refractivity contribution in [3.05, 3.63) is 23.9 Å². The molecule has 19 heavy (non-hydrogen) atoms. The van der Waals surface area contributed by atoms with Gasteiger partial charge >= 0.3 is 0 Å². The van der Waals surface area contributed by atoms with Crippen molar-refractivity contribution >= 4 is 0 Å². The van der Waals surface area contributed by atoms with Gasteiger partial charge in [-0.25, -0.2) is 0 Å². The lowest BCUT2D eigenvalue weighted by Crippen LogP contribution is -3.07. The molecule has 1 heteroatoms. The zero-order valence-corrected chi connectivity index (χ0v) is 12.6. The number of quaternary nitrogens is 1. The normalized spacial score (nSPS) is 27.8. The monoisotopic (exact) mass is 262 g/mol. The van der Waals surface area contributed by atoms with Crippen LogP contribution in [0.15, 0.2) is 23.9 Å². The highest BCUT2D eigenvalue weighted by atomic mass is 15.1. The van der Waals surface area contributed by atoms with E-state index in [4.69, 9.17) is 0 Å². The van der Waals surface area contributed by atoms with Crippen LogP contribution in [-0.2, 0) is 0 Å². The van der Waals surface area contributed by atoms with E-state index in [0.717, 1.165) is 0 Å². The molecule has 1 atom stereocenters. The first kappa shape index (κ1) is 14.8. The van der Waals surface area contributed by atoms with E-state index in [1.165, 1.54) is 90.1 Å². The fourth-order valence-corrected chi connectivity index (χ4v) is 3.33. The minimum atomic E-state index is 1.21. The summed E-state index contributed by atoms with van der Waals surface area (Å²) in [4.78, 5) is 1.68. The number of allylic oxidation sites excluding steroid dienone is 2. The molecule has 2 aliphatic heterocycles. The first-order valence-corrected chi connectivity index (χ1v) is 8.67. The van der Waals surface area contributed by atoms with Crippen molar-refractivity contribution in [3.8, 4) is 0 Å². The lowest BCUT2D eigenvalue weighted by atomic mass is 10.0. The van der Waals surface area contributed by atoms with Crippen molar-refractivity contribution < 1.29 is 4.90 Å². The van der Waals surface area contributed by atoms with E-state index in [2.05, 4.69) is 18.4 Å². The van der Waals surface area contributed by atoms with E-state index in [1.54, 1.807) is 10.5 Å². The van der Waals surface area contributed by atoms with Crippen molar-refractivity contribution in [1.82, 2.24) is 0 Å². The molecule has 2 heterocycles. The van der Waals surface area contributed by atoms with E-state index in [1.807, 2.05) is 0 Å². The fraction of sp³-hybridized carbons (Fsp3) is 0.778. The third-order valence-electron chi connectivity index (χ3n) is 4.56. The van der Waals surface area contributed by atoms with Gasteiger partial charge in [-0.05, 0) is 31.8 Å². The van der Waals surface area contributed by atoms with E-state index in [9.17, 15) is 0 Å². The van der Waals surface area contributed by atoms with Crippen LogP contribution in [0.3, 0.4) is 0 Å². The van der Waals surface area contributed by atoms with Gasteiger partial charge in [0.05, 0.1) is 12.7 Å². The molecule has 2 bridgehead atoms. The maximum absolute atomic E-state index is 2.51. The second-order valence-corrected chi connectivity index (χ2v) is 6.37. The largest absolute Gasteiger partial charge is 0.305 e. The predicted molar refractivity (Wildman–Crippen MR) is 83.3 cm³/mol. The quantitative estimate of drug-likeness (QED) is 0.672. The summed E-state index contributed by atoms with van der Waals surface area (Å²) in [6, 6.07) is 0. The molecule has 0 aliphatic carbocycles. The lowest BCUT2D eigenvalue weighted by Gasteiger charge is -2.18. The van der Waals surface area contributed by atoms with Crippen molar-refractivity contribution in [2.75, 3.05) is 13.1 Å².